The van der Waals surface area contributed by atoms with E-state index in [4.69, 9.17) is 0 Å². The lowest BCUT2D eigenvalue weighted by Crippen LogP contribution is -2.52. The van der Waals surface area contributed by atoms with Crippen LogP contribution in [0.3, 0.4) is 0 Å². The summed E-state index contributed by atoms with van der Waals surface area (Å²) in [6.07, 6.45) is 6.33. The first-order chi connectivity index (χ1) is 10.8. The number of carbonyl (C=O) groups excluding carboxylic acids is 2. The minimum absolute atomic E-state index is 0.277. The van der Waals surface area contributed by atoms with Gasteiger partial charge in [0.15, 0.2) is 0 Å². The van der Waals surface area contributed by atoms with E-state index in [9.17, 15) is 19.8 Å². The van der Waals surface area contributed by atoms with Crippen LogP contribution in [-0.4, -0.2) is 45.3 Å². The first-order valence-electron chi connectivity index (χ1n) is 8.79. The van der Waals surface area contributed by atoms with E-state index in [1.165, 1.54) is 0 Å². The van der Waals surface area contributed by atoms with Crippen molar-refractivity contribution in [2.45, 2.75) is 94.9 Å². The number of nitrogens with one attached hydrogen (secondary N) is 2. The Morgan fingerprint density at radius 1 is 0.826 bits per heavy atom. The quantitative estimate of drug-likeness (QED) is 0.547. The Morgan fingerprint density at radius 3 is 1.43 bits per heavy atom. The fourth-order valence-electron chi connectivity index (χ4n) is 3.84. The molecule has 6 nitrogen and oxygen atoms in total. The van der Waals surface area contributed by atoms with Gasteiger partial charge >= 0.3 is 0 Å². The second kappa shape index (κ2) is 7.18. The summed E-state index contributed by atoms with van der Waals surface area (Å²) >= 11 is 0. The first-order valence-corrected chi connectivity index (χ1v) is 8.79. The molecular weight excluding hydrogens is 296 g/mol. The van der Waals surface area contributed by atoms with Crippen molar-refractivity contribution in [2.24, 2.45) is 0 Å². The summed E-state index contributed by atoms with van der Waals surface area (Å²) in [5.74, 6) is -0.776. The maximum absolute atomic E-state index is 12.0. The smallest absolute Gasteiger partial charge is 0.229 e. The molecular formula is C17H30N2O4. The Kier molecular flexibility index (Phi) is 5.68. The lowest BCUT2D eigenvalue weighted by Gasteiger charge is -2.31. The minimum atomic E-state index is -0.849. The number of amides is 2. The number of aliphatic hydroxyl groups is 2. The predicted octanol–water partition coefficient (Wildman–Crippen LogP) is 0.996. The van der Waals surface area contributed by atoms with E-state index in [0.717, 1.165) is 25.7 Å². The lowest BCUT2D eigenvalue weighted by molar-refractivity contribution is -0.132. The molecule has 2 aliphatic carbocycles. The van der Waals surface area contributed by atoms with Gasteiger partial charge in [-0.1, -0.05) is 25.7 Å². The van der Waals surface area contributed by atoms with E-state index in [1.54, 1.807) is 13.8 Å². The number of rotatable bonds is 6. The molecule has 2 aliphatic rings. The van der Waals surface area contributed by atoms with Crippen molar-refractivity contribution in [3.8, 4) is 0 Å². The van der Waals surface area contributed by atoms with Crippen molar-refractivity contribution >= 4 is 11.8 Å². The molecule has 0 aromatic rings. The molecule has 23 heavy (non-hydrogen) atoms. The largest absolute Gasteiger partial charge is 0.388 e. The van der Waals surface area contributed by atoms with Crippen molar-refractivity contribution in [1.82, 2.24) is 10.6 Å². The second-order valence-electron chi connectivity index (χ2n) is 7.38. The molecule has 2 amide bonds. The van der Waals surface area contributed by atoms with Crippen LogP contribution in [0.5, 0.6) is 0 Å². The van der Waals surface area contributed by atoms with Gasteiger partial charge in [0.1, 0.15) is 6.42 Å². The molecule has 0 aliphatic heterocycles. The van der Waals surface area contributed by atoms with Gasteiger partial charge < -0.3 is 20.8 Å². The maximum Gasteiger partial charge on any atom is 0.229 e. The SMILES string of the molecule is C[C@@H](NC(=O)CC(=O)N[C@H](C)C1(O)CCCC1)C1(O)CCCC1. The number of carbonyl (C=O) groups is 2. The fraction of sp³-hybridized carbons (Fsp3) is 0.882. The van der Waals surface area contributed by atoms with Gasteiger partial charge in [-0.2, -0.15) is 0 Å². The van der Waals surface area contributed by atoms with E-state index in [2.05, 4.69) is 10.6 Å². The summed E-state index contributed by atoms with van der Waals surface area (Å²) in [7, 11) is 0. The van der Waals surface area contributed by atoms with Crippen LogP contribution in [0.2, 0.25) is 0 Å². The van der Waals surface area contributed by atoms with Gasteiger partial charge in [-0.3, -0.25) is 9.59 Å². The van der Waals surface area contributed by atoms with Crippen LogP contribution in [0, 0.1) is 0 Å². The van der Waals surface area contributed by atoms with Crippen LogP contribution >= 0.6 is 0 Å². The van der Waals surface area contributed by atoms with Gasteiger partial charge in [0.05, 0.1) is 23.3 Å². The average molecular weight is 326 g/mol. The lowest BCUT2D eigenvalue weighted by atomic mass is 9.93. The van der Waals surface area contributed by atoms with Crippen LogP contribution in [0.4, 0.5) is 0 Å². The number of hydrogen-bond acceptors (Lipinski definition) is 4. The van der Waals surface area contributed by atoms with Gasteiger partial charge in [0.2, 0.25) is 11.8 Å². The Labute approximate surface area is 138 Å². The van der Waals surface area contributed by atoms with Crippen molar-refractivity contribution in [2.75, 3.05) is 0 Å². The minimum Gasteiger partial charge on any atom is -0.388 e. The summed E-state index contributed by atoms with van der Waals surface area (Å²) < 4.78 is 0. The molecule has 0 aromatic heterocycles. The third-order valence-electron chi connectivity index (χ3n) is 5.63. The van der Waals surface area contributed by atoms with Crippen LogP contribution in [0.25, 0.3) is 0 Å². The van der Waals surface area contributed by atoms with Crippen LogP contribution in [0.1, 0.15) is 71.6 Å². The van der Waals surface area contributed by atoms with Crippen LogP contribution < -0.4 is 10.6 Å². The zero-order chi connectivity index (χ0) is 17.1. The zero-order valence-electron chi connectivity index (χ0n) is 14.2. The summed E-state index contributed by atoms with van der Waals surface area (Å²) in [4.78, 5) is 24.0. The molecule has 0 radical (unpaired) electrons. The fourth-order valence-corrected chi connectivity index (χ4v) is 3.84. The molecule has 2 rings (SSSR count). The summed E-state index contributed by atoms with van der Waals surface area (Å²) in [5.41, 5.74) is -1.70. The highest BCUT2D eigenvalue weighted by molar-refractivity contribution is 5.97. The van der Waals surface area contributed by atoms with Gasteiger partial charge in [-0.25, -0.2) is 0 Å². The van der Waals surface area contributed by atoms with Gasteiger partial charge in [-0.15, -0.1) is 0 Å². The van der Waals surface area contributed by atoms with E-state index >= 15 is 0 Å². The average Bonchev–Trinajstić information content (AvgIpc) is 3.09. The number of hydrogen-bond donors (Lipinski definition) is 4. The molecule has 0 bridgehead atoms. The molecule has 0 aromatic carbocycles. The molecule has 0 heterocycles. The van der Waals surface area contributed by atoms with Crippen molar-refractivity contribution in [3.63, 3.8) is 0 Å². The third-order valence-corrected chi connectivity index (χ3v) is 5.63. The van der Waals surface area contributed by atoms with E-state index in [-0.39, 0.29) is 30.3 Å². The van der Waals surface area contributed by atoms with Crippen molar-refractivity contribution in [1.29, 1.82) is 0 Å². The summed E-state index contributed by atoms with van der Waals surface area (Å²) in [6, 6.07) is -0.719. The predicted molar refractivity (Wildman–Crippen MR) is 86.7 cm³/mol. The topological polar surface area (TPSA) is 98.7 Å². The molecule has 6 heteroatoms. The van der Waals surface area contributed by atoms with Crippen LogP contribution in [-0.2, 0) is 9.59 Å². The highest BCUT2D eigenvalue weighted by Gasteiger charge is 2.39. The molecule has 132 valence electrons. The maximum atomic E-state index is 12.0. The summed E-state index contributed by atoms with van der Waals surface area (Å²) in [5, 5.41) is 26.3. The highest BCUT2D eigenvalue weighted by atomic mass is 16.3. The monoisotopic (exact) mass is 326 g/mol. The molecule has 2 fully saturated rings. The van der Waals surface area contributed by atoms with Crippen molar-refractivity contribution < 1.29 is 19.8 Å². The molecule has 4 N–H and O–H groups in total. The van der Waals surface area contributed by atoms with Crippen molar-refractivity contribution in [3.05, 3.63) is 0 Å². The van der Waals surface area contributed by atoms with Gasteiger partial charge in [-0.05, 0) is 39.5 Å². The Morgan fingerprint density at radius 2 is 1.13 bits per heavy atom. The Hall–Kier alpha value is -1.14. The normalized spacial score (nSPS) is 24.9. The molecule has 0 unspecified atom stereocenters. The molecule has 2 saturated carbocycles. The first kappa shape index (κ1) is 18.2. The molecule has 2 atom stereocenters. The zero-order valence-corrected chi connectivity index (χ0v) is 14.2. The van der Waals surface area contributed by atoms with E-state index in [1.807, 2.05) is 0 Å². The highest BCUT2D eigenvalue weighted by Crippen LogP contribution is 2.33. The molecule has 0 spiro atoms. The third kappa shape index (κ3) is 4.44. The Bertz CT molecular complexity index is 400. The van der Waals surface area contributed by atoms with Gasteiger partial charge in [0.25, 0.3) is 0 Å². The standard InChI is InChI=1S/C17H30N2O4/c1-12(16(22)7-3-4-8-16)18-14(20)11-15(21)19-13(2)17(23)9-5-6-10-17/h12-13,22-23H,3-11H2,1-2H3,(H,18,20)(H,19,21)/t12-,13-/m1/s1. The van der Waals surface area contributed by atoms with E-state index in [0.29, 0.717) is 25.7 Å². The van der Waals surface area contributed by atoms with Crippen LogP contribution in [0.15, 0.2) is 0 Å². The van der Waals surface area contributed by atoms with E-state index < -0.39 is 11.2 Å². The van der Waals surface area contributed by atoms with Gasteiger partial charge in [0, 0.05) is 0 Å². The Balaban J connectivity index is 1.77. The second-order valence-corrected chi connectivity index (χ2v) is 7.38. The molecule has 0 saturated heterocycles. The summed E-state index contributed by atoms with van der Waals surface area (Å²) in [6.45, 7) is 3.57.